The molecule has 0 fully saturated rings. The number of rotatable bonds is 3. The Morgan fingerprint density at radius 1 is 1.12 bits per heavy atom. The van der Waals surface area contributed by atoms with Crippen molar-refractivity contribution >= 4 is 51.7 Å². The highest BCUT2D eigenvalue weighted by atomic mass is 35.5. The van der Waals surface area contributed by atoms with Gasteiger partial charge in [-0.2, -0.15) is 0 Å². The minimum Gasteiger partial charge on any atom is -0.478 e. The lowest BCUT2D eigenvalue weighted by molar-refractivity contribution is 0.0696. The number of aromatic nitrogens is 1. The lowest BCUT2D eigenvalue weighted by atomic mass is 10.2. The molecule has 24 heavy (non-hydrogen) atoms. The van der Waals surface area contributed by atoms with E-state index >= 15 is 0 Å². The van der Waals surface area contributed by atoms with E-state index < -0.39 is 5.97 Å². The second-order valence-electron chi connectivity index (χ2n) is 5.22. The summed E-state index contributed by atoms with van der Waals surface area (Å²) in [6, 6.07) is 11.1. The molecule has 7 heteroatoms. The highest BCUT2D eigenvalue weighted by Gasteiger charge is 2.16. The third-order valence-electron chi connectivity index (χ3n) is 3.71. The number of aromatic carboxylic acids is 1. The van der Waals surface area contributed by atoms with Crippen molar-refractivity contribution in [2.24, 2.45) is 7.05 Å². The van der Waals surface area contributed by atoms with E-state index in [9.17, 15) is 9.59 Å². The lowest BCUT2D eigenvalue weighted by Gasteiger charge is -2.07. The molecule has 0 aliphatic carbocycles. The Balaban J connectivity index is 1.97. The average molecular weight is 363 g/mol. The van der Waals surface area contributed by atoms with Gasteiger partial charge in [-0.25, -0.2) is 4.79 Å². The number of fused-ring (bicyclic) bond motifs is 1. The summed E-state index contributed by atoms with van der Waals surface area (Å²) in [5, 5.41) is 13.2. The van der Waals surface area contributed by atoms with E-state index in [1.807, 2.05) is 0 Å². The summed E-state index contributed by atoms with van der Waals surface area (Å²) in [4.78, 5) is 23.5. The van der Waals surface area contributed by atoms with Gasteiger partial charge in [-0.05, 0) is 36.4 Å². The number of amides is 1. The molecule has 0 atom stereocenters. The van der Waals surface area contributed by atoms with Gasteiger partial charge in [-0.3, -0.25) is 4.79 Å². The van der Waals surface area contributed by atoms with E-state index in [-0.39, 0.29) is 11.5 Å². The Morgan fingerprint density at radius 2 is 1.88 bits per heavy atom. The van der Waals surface area contributed by atoms with Crippen LogP contribution in [0.15, 0.2) is 42.5 Å². The van der Waals surface area contributed by atoms with E-state index in [0.717, 1.165) is 5.52 Å². The molecule has 0 radical (unpaired) electrons. The molecule has 0 saturated carbocycles. The van der Waals surface area contributed by atoms with Crippen LogP contribution < -0.4 is 5.32 Å². The van der Waals surface area contributed by atoms with Gasteiger partial charge in [-0.1, -0.05) is 29.3 Å². The smallest absolute Gasteiger partial charge is 0.335 e. The number of benzene rings is 2. The molecule has 0 spiro atoms. The molecule has 0 unspecified atom stereocenters. The molecule has 2 N–H and O–H groups in total. The predicted molar refractivity (Wildman–Crippen MR) is 94.3 cm³/mol. The molecule has 3 rings (SSSR count). The number of aryl methyl sites for hydroxylation is 1. The second-order valence-corrected chi connectivity index (χ2v) is 6.01. The summed E-state index contributed by atoms with van der Waals surface area (Å²) >= 11 is 12.2. The molecule has 1 heterocycles. The van der Waals surface area contributed by atoms with Crippen LogP contribution in [0.4, 0.5) is 5.69 Å². The van der Waals surface area contributed by atoms with Gasteiger partial charge in [-0.15, -0.1) is 0 Å². The van der Waals surface area contributed by atoms with Crippen molar-refractivity contribution < 1.29 is 14.7 Å². The van der Waals surface area contributed by atoms with Crippen LogP contribution in [0.25, 0.3) is 10.9 Å². The fraction of sp³-hybridized carbons (Fsp3) is 0.0588. The number of hydrogen-bond acceptors (Lipinski definition) is 2. The van der Waals surface area contributed by atoms with E-state index in [0.29, 0.717) is 26.8 Å². The minimum absolute atomic E-state index is 0.0969. The van der Waals surface area contributed by atoms with Gasteiger partial charge in [0.25, 0.3) is 5.91 Å². The van der Waals surface area contributed by atoms with Crippen LogP contribution in [0.5, 0.6) is 0 Å². The minimum atomic E-state index is -1.06. The molecule has 2 aromatic carbocycles. The molecule has 1 aromatic heterocycles. The standard InChI is InChI=1S/C17H12Cl2N2O3/c1-21-13-6-5-12(18)15(19)11(13)8-14(21)16(22)20-10-4-2-3-9(7-10)17(23)24/h2-8H,1H3,(H,20,22)(H,23,24). The number of carbonyl (C=O) groups excluding carboxylic acids is 1. The van der Waals surface area contributed by atoms with Crippen LogP contribution in [0.3, 0.4) is 0 Å². The van der Waals surface area contributed by atoms with Crippen molar-refractivity contribution in [3.05, 3.63) is 63.8 Å². The highest BCUT2D eigenvalue weighted by Crippen LogP contribution is 2.32. The second kappa shape index (κ2) is 6.19. The first-order valence-corrected chi connectivity index (χ1v) is 7.72. The molecule has 5 nitrogen and oxygen atoms in total. The van der Waals surface area contributed by atoms with Gasteiger partial charge >= 0.3 is 5.97 Å². The van der Waals surface area contributed by atoms with Gasteiger partial charge in [0, 0.05) is 23.6 Å². The van der Waals surface area contributed by atoms with Gasteiger partial charge in [0.2, 0.25) is 0 Å². The Bertz CT molecular complexity index is 979. The number of hydrogen-bond donors (Lipinski definition) is 2. The predicted octanol–water partition coefficient (Wildman–Crippen LogP) is 4.44. The van der Waals surface area contributed by atoms with Crippen molar-refractivity contribution in [2.45, 2.75) is 0 Å². The topological polar surface area (TPSA) is 71.3 Å². The Kier molecular flexibility index (Phi) is 4.22. The van der Waals surface area contributed by atoms with Gasteiger partial charge in [0.15, 0.2) is 0 Å². The number of halogens is 2. The maximum atomic E-state index is 12.5. The van der Waals surface area contributed by atoms with Crippen LogP contribution in [0.2, 0.25) is 10.0 Å². The Hall–Kier alpha value is -2.50. The summed E-state index contributed by atoms with van der Waals surface area (Å²) in [5.74, 6) is -1.43. The molecule has 122 valence electrons. The van der Waals surface area contributed by atoms with E-state index in [1.54, 1.807) is 41.9 Å². The van der Waals surface area contributed by atoms with Gasteiger partial charge in [0.05, 0.1) is 15.6 Å². The summed E-state index contributed by atoms with van der Waals surface area (Å²) in [7, 11) is 1.75. The van der Waals surface area contributed by atoms with Crippen LogP contribution in [-0.2, 0) is 7.05 Å². The first-order valence-electron chi connectivity index (χ1n) is 6.96. The number of carbonyl (C=O) groups is 2. The van der Waals surface area contributed by atoms with E-state index in [1.165, 1.54) is 12.1 Å². The largest absolute Gasteiger partial charge is 0.478 e. The highest BCUT2D eigenvalue weighted by molar-refractivity contribution is 6.45. The molecule has 1 amide bonds. The lowest BCUT2D eigenvalue weighted by Crippen LogP contribution is -2.15. The first-order chi connectivity index (χ1) is 11.4. The van der Waals surface area contributed by atoms with Crippen molar-refractivity contribution in [1.29, 1.82) is 0 Å². The summed E-state index contributed by atoms with van der Waals surface area (Å²) in [5.41, 5.74) is 1.65. The zero-order valence-corrected chi connectivity index (χ0v) is 14.0. The zero-order valence-electron chi connectivity index (χ0n) is 12.5. The summed E-state index contributed by atoms with van der Waals surface area (Å²) in [6.45, 7) is 0. The third kappa shape index (κ3) is 2.84. The molecular formula is C17H12Cl2N2O3. The monoisotopic (exact) mass is 362 g/mol. The van der Waals surface area contributed by atoms with Crippen LogP contribution in [0.1, 0.15) is 20.8 Å². The van der Waals surface area contributed by atoms with Crippen molar-refractivity contribution in [1.82, 2.24) is 4.57 Å². The molecule has 3 aromatic rings. The number of carboxylic acid groups (broad SMARTS) is 1. The zero-order chi connectivity index (χ0) is 17.4. The van der Waals surface area contributed by atoms with Gasteiger partial charge < -0.3 is 15.0 Å². The Morgan fingerprint density at radius 3 is 2.58 bits per heavy atom. The van der Waals surface area contributed by atoms with Crippen LogP contribution in [0, 0.1) is 0 Å². The summed E-state index contributed by atoms with van der Waals surface area (Å²) < 4.78 is 1.70. The SMILES string of the molecule is Cn1c(C(=O)Nc2cccc(C(=O)O)c2)cc2c(Cl)c(Cl)ccc21. The number of nitrogens with zero attached hydrogens (tertiary/aromatic N) is 1. The molecule has 0 aliphatic rings. The van der Waals surface area contributed by atoms with E-state index in [2.05, 4.69) is 5.32 Å². The maximum absolute atomic E-state index is 12.5. The molecule has 0 saturated heterocycles. The van der Waals surface area contributed by atoms with Crippen molar-refractivity contribution in [2.75, 3.05) is 5.32 Å². The first kappa shape index (κ1) is 16.4. The van der Waals surface area contributed by atoms with Crippen molar-refractivity contribution in [3.8, 4) is 0 Å². The fourth-order valence-electron chi connectivity index (χ4n) is 2.49. The normalized spacial score (nSPS) is 10.8. The van der Waals surface area contributed by atoms with E-state index in [4.69, 9.17) is 28.3 Å². The fourth-order valence-corrected chi connectivity index (χ4v) is 2.87. The quantitative estimate of drug-likeness (QED) is 0.723. The third-order valence-corrected chi connectivity index (χ3v) is 4.53. The summed E-state index contributed by atoms with van der Waals surface area (Å²) in [6.07, 6.45) is 0. The number of nitrogens with one attached hydrogen (secondary N) is 1. The molecule has 0 bridgehead atoms. The Labute approximate surface area is 147 Å². The van der Waals surface area contributed by atoms with Gasteiger partial charge in [0.1, 0.15) is 5.69 Å². The molecule has 0 aliphatic heterocycles. The van der Waals surface area contributed by atoms with Crippen LogP contribution in [-0.4, -0.2) is 21.6 Å². The average Bonchev–Trinajstić information content (AvgIpc) is 2.89. The maximum Gasteiger partial charge on any atom is 0.335 e. The number of anilines is 1. The molecular weight excluding hydrogens is 351 g/mol. The number of carboxylic acids is 1. The van der Waals surface area contributed by atoms with Crippen molar-refractivity contribution in [3.63, 3.8) is 0 Å². The van der Waals surface area contributed by atoms with Crippen LogP contribution >= 0.6 is 23.2 Å².